The molecule has 1 aliphatic heterocycles. The SMILES string of the molecule is O=[N+]([O-])c1cc(CC2CCCNC2)n[nH]1. The maximum Gasteiger partial charge on any atom is 0.342 e. The maximum atomic E-state index is 10.4. The van der Waals surface area contributed by atoms with E-state index < -0.39 is 4.92 Å². The summed E-state index contributed by atoms with van der Waals surface area (Å²) in [6.07, 6.45) is 3.17. The zero-order valence-corrected chi connectivity index (χ0v) is 8.40. The van der Waals surface area contributed by atoms with Crippen LogP contribution in [0.1, 0.15) is 18.5 Å². The van der Waals surface area contributed by atoms with Crippen LogP contribution >= 0.6 is 0 Å². The summed E-state index contributed by atoms with van der Waals surface area (Å²) in [7, 11) is 0. The van der Waals surface area contributed by atoms with E-state index in [1.807, 2.05) is 0 Å². The normalized spacial score (nSPS) is 21.5. The molecule has 0 amide bonds. The Kier molecular flexibility index (Phi) is 2.96. The molecule has 0 saturated carbocycles. The second-order valence-corrected chi connectivity index (χ2v) is 3.92. The Morgan fingerprint density at radius 1 is 1.67 bits per heavy atom. The van der Waals surface area contributed by atoms with Gasteiger partial charge in [-0.05, 0) is 43.2 Å². The molecule has 15 heavy (non-hydrogen) atoms. The Bertz CT molecular complexity index is 344. The van der Waals surface area contributed by atoms with Crippen molar-refractivity contribution in [3.63, 3.8) is 0 Å². The lowest BCUT2D eigenvalue weighted by atomic mass is 9.95. The summed E-state index contributed by atoms with van der Waals surface area (Å²) >= 11 is 0. The highest BCUT2D eigenvalue weighted by molar-refractivity contribution is 5.20. The van der Waals surface area contributed by atoms with Gasteiger partial charge in [-0.15, -0.1) is 5.10 Å². The highest BCUT2D eigenvalue weighted by Crippen LogP contribution is 2.17. The molecule has 0 spiro atoms. The van der Waals surface area contributed by atoms with Crippen LogP contribution in [0.3, 0.4) is 0 Å². The fourth-order valence-corrected chi connectivity index (χ4v) is 1.94. The average Bonchev–Trinajstić information content (AvgIpc) is 2.68. The lowest BCUT2D eigenvalue weighted by Crippen LogP contribution is -2.30. The topological polar surface area (TPSA) is 83.8 Å². The van der Waals surface area contributed by atoms with Crippen LogP contribution in [-0.2, 0) is 6.42 Å². The van der Waals surface area contributed by atoms with E-state index >= 15 is 0 Å². The minimum atomic E-state index is -0.449. The second kappa shape index (κ2) is 4.39. The summed E-state index contributed by atoms with van der Waals surface area (Å²) < 4.78 is 0. The number of H-pyrrole nitrogens is 1. The van der Waals surface area contributed by atoms with Crippen molar-refractivity contribution < 1.29 is 4.92 Å². The van der Waals surface area contributed by atoms with E-state index in [4.69, 9.17) is 0 Å². The van der Waals surface area contributed by atoms with Crippen LogP contribution in [0.5, 0.6) is 0 Å². The van der Waals surface area contributed by atoms with E-state index in [2.05, 4.69) is 15.5 Å². The van der Waals surface area contributed by atoms with Crippen LogP contribution in [0, 0.1) is 16.0 Å². The van der Waals surface area contributed by atoms with E-state index in [1.54, 1.807) is 0 Å². The van der Waals surface area contributed by atoms with E-state index in [0.29, 0.717) is 5.92 Å². The van der Waals surface area contributed by atoms with Crippen molar-refractivity contribution in [1.82, 2.24) is 15.5 Å². The Hall–Kier alpha value is -1.43. The number of nitro groups is 1. The molecule has 1 saturated heterocycles. The van der Waals surface area contributed by atoms with Crippen molar-refractivity contribution in [3.8, 4) is 0 Å². The fourth-order valence-electron chi connectivity index (χ4n) is 1.94. The number of nitrogens with one attached hydrogen (secondary N) is 2. The summed E-state index contributed by atoms with van der Waals surface area (Å²) in [4.78, 5) is 9.98. The van der Waals surface area contributed by atoms with Crippen LogP contribution in [-0.4, -0.2) is 28.2 Å². The average molecular weight is 210 g/mol. The van der Waals surface area contributed by atoms with Crippen molar-refractivity contribution >= 4 is 5.82 Å². The van der Waals surface area contributed by atoms with Crippen molar-refractivity contribution in [2.24, 2.45) is 5.92 Å². The van der Waals surface area contributed by atoms with Crippen LogP contribution in [0.15, 0.2) is 6.07 Å². The zero-order chi connectivity index (χ0) is 10.7. The van der Waals surface area contributed by atoms with E-state index in [1.165, 1.54) is 18.9 Å². The van der Waals surface area contributed by atoms with Gasteiger partial charge < -0.3 is 15.4 Å². The van der Waals surface area contributed by atoms with E-state index in [0.717, 1.165) is 25.2 Å². The molecule has 0 bridgehead atoms. The molecule has 82 valence electrons. The number of aromatic nitrogens is 2. The molecule has 6 nitrogen and oxygen atoms in total. The molecule has 0 radical (unpaired) electrons. The molecule has 2 N–H and O–H groups in total. The number of piperidine rings is 1. The molecule has 1 aromatic rings. The van der Waals surface area contributed by atoms with Gasteiger partial charge >= 0.3 is 5.82 Å². The molecule has 6 heteroatoms. The number of nitrogens with zero attached hydrogens (tertiary/aromatic N) is 2. The first-order valence-corrected chi connectivity index (χ1v) is 5.15. The van der Waals surface area contributed by atoms with E-state index in [9.17, 15) is 10.1 Å². The highest BCUT2D eigenvalue weighted by Gasteiger charge is 2.17. The predicted molar refractivity (Wildman–Crippen MR) is 54.5 cm³/mol. The first-order valence-electron chi connectivity index (χ1n) is 5.15. The van der Waals surface area contributed by atoms with Crippen molar-refractivity contribution in [2.45, 2.75) is 19.3 Å². The number of aromatic amines is 1. The molecule has 1 unspecified atom stereocenters. The van der Waals surface area contributed by atoms with Gasteiger partial charge in [0.2, 0.25) is 0 Å². The Morgan fingerprint density at radius 2 is 2.53 bits per heavy atom. The zero-order valence-electron chi connectivity index (χ0n) is 8.40. The van der Waals surface area contributed by atoms with E-state index in [-0.39, 0.29) is 5.82 Å². The first kappa shape index (κ1) is 10.1. The van der Waals surface area contributed by atoms with Gasteiger partial charge in [-0.25, -0.2) is 0 Å². The first-order chi connectivity index (χ1) is 7.25. The van der Waals surface area contributed by atoms with Gasteiger partial charge in [-0.3, -0.25) is 0 Å². The molecule has 1 aromatic heterocycles. The lowest BCUT2D eigenvalue weighted by molar-refractivity contribution is -0.389. The minimum absolute atomic E-state index is 0.0197. The minimum Gasteiger partial charge on any atom is -0.358 e. The summed E-state index contributed by atoms with van der Waals surface area (Å²) in [5, 5.41) is 20.1. The maximum absolute atomic E-state index is 10.4. The van der Waals surface area contributed by atoms with Gasteiger partial charge in [0.05, 0.1) is 11.8 Å². The van der Waals surface area contributed by atoms with Gasteiger partial charge in [0.15, 0.2) is 0 Å². The van der Waals surface area contributed by atoms with Crippen molar-refractivity contribution in [2.75, 3.05) is 13.1 Å². The number of hydrogen-bond donors (Lipinski definition) is 2. The fraction of sp³-hybridized carbons (Fsp3) is 0.667. The number of hydrogen-bond acceptors (Lipinski definition) is 4. The molecule has 2 heterocycles. The van der Waals surface area contributed by atoms with Crippen molar-refractivity contribution in [1.29, 1.82) is 0 Å². The monoisotopic (exact) mass is 210 g/mol. The molecule has 1 fully saturated rings. The predicted octanol–water partition coefficient (Wildman–Crippen LogP) is 0.860. The Morgan fingerprint density at radius 3 is 3.13 bits per heavy atom. The Balaban J connectivity index is 1.94. The molecule has 2 rings (SSSR count). The lowest BCUT2D eigenvalue weighted by Gasteiger charge is -2.21. The summed E-state index contributed by atoms with van der Waals surface area (Å²) in [5.41, 5.74) is 0.787. The molecule has 0 aromatic carbocycles. The summed E-state index contributed by atoms with van der Waals surface area (Å²) in [6, 6.07) is 1.52. The second-order valence-electron chi connectivity index (χ2n) is 3.92. The molecular formula is C9H14N4O2. The molecule has 0 aliphatic carbocycles. The van der Waals surface area contributed by atoms with Gasteiger partial charge in [0.1, 0.15) is 0 Å². The molecular weight excluding hydrogens is 196 g/mol. The largest absolute Gasteiger partial charge is 0.358 e. The molecule has 1 atom stereocenters. The van der Waals surface area contributed by atoms with Crippen LogP contribution in [0.2, 0.25) is 0 Å². The van der Waals surface area contributed by atoms with Gasteiger partial charge in [0, 0.05) is 0 Å². The Labute approximate surface area is 87.2 Å². The smallest absolute Gasteiger partial charge is 0.342 e. The third-order valence-corrected chi connectivity index (χ3v) is 2.71. The van der Waals surface area contributed by atoms with Crippen molar-refractivity contribution in [3.05, 3.63) is 21.9 Å². The highest BCUT2D eigenvalue weighted by atomic mass is 16.6. The van der Waals surface area contributed by atoms with Gasteiger partial charge in [-0.2, -0.15) is 0 Å². The van der Waals surface area contributed by atoms with Crippen LogP contribution in [0.25, 0.3) is 0 Å². The quantitative estimate of drug-likeness (QED) is 0.572. The standard InChI is InChI=1S/C9H14N4O2/c14-13(15)9-5-8(11-12-9)4-7-2-1-3-10-6-7/h5,7,10H,1-4,6H2,(H,11,12). The molecule has 1 aliphatic rings. The third kappa shape index (κ3) is 2.53. The van der Waals surface area contributed by atoms with Gasteiger partial charge in [0.25, 0.3) is 0 Å². The van der Waals surface area contributed by atoms with Gasteiger partial charge in [-0.1, -0.05) is 5.10 Å². The third-order valence-electron chi connectivity index (χ3n) is 2.71. The number of rotatable bonds is 3. The van der Waals surface area contributed by atoms with Crippen LogP contribution < -0.4 is 5.32 Å². The van der Waals surface area contributed by atoms with Crippen LogP contribution in [0.4, 0.5) is 5.82 Å². The summed E-state index contributed by atoms with van der Waals surface area (Å²) in [5.74, 6) is 0.537. The summed E-state index contributed by atoms with van der Waals surface area (Å²) in [6.45, 7) is 2.07.